The molecular weight excluding hydrogens is 156 g/mol. The predicted octanol–water partition coefficient (Wildman–Crippen LogP) is 0.181. The fourth-order valence-electron chi connectivity index (χ4n) is 1.01. The lowest BCUT2D eigenvalue weighted by Crippen LogP contribution is -2.05. The van der Waals surface area contributed by atoms with Crippen LogP contribution in [0.15, 0.2) is 12.1 Å². The molecule has 0 spiro atoms. The van der Waals surface area contributed by atoms with Gasteiger partial charge in [-0.3, -0.25) is 0 Å². The van der Waals surface area contributed by atoms with Crippen molar-refractivity contribution in [2.24, 2.45) is 5.73 Å². The first kappa shape index (κ1) is 8.67. The molecule has 66 valence electrons. The lowest BCUT2D eigenvalue weighted by molar-refractivity contribution is 0.403. The van der Waals surface area contributed by atoms with Gasteiger partial charge in [-0.2, -0.15) is 0 Å². The molecule has 0 aliphatic carbocycles. The molecule has 0 aliphatic heterocycles. The van der Waals surface area contributed by atoms with E-state index in [1.807, 2.05) is 0 Å². The Labute approximate surface area is 70.4 Å². The molecule has 12 heavy (non-hydrogen) atoms. The highest BCUT2D eigenvalue weighted by Crippen LogP contribution is 2.29. The lowest BCUT2D eigenvalue weighted by Gasteiger charge is -2.05. The molecule has 1 aromatic rings. The SMILES string of the molecule is NCCc1cc(O)c(O)cc1N. The Balaban J connectivity index is 3.05. The first-order valence-electron chi connectivity index (χ1n) is 3.65. The molecule has 0 radical (unpaired) electrons. The van der Waals surface area contributed by atoms with E-state index in [-0.39, 0.29) is 11.5 Å². The van der Waals surface area contributed by atoms with Crippen molar-refractivity contribution < 1.29 is 10.2 Å². The van der Waals surface area contributed by atoms with E-state index in [4.69, 9.17) is 21.7 Å². The van der Waals surface area contributed by atoms with E-state index in [2.05, 4.69) is 0 Å². The Kier molecular flexibility index (Phi) is 2.40. The molecule has 0 saturated heterocycles. The molecule has 4 nitrogen and oxygen atoms in total. The molecule has 0 atom stereocenters. The maximum Gasteiger partial charge on any atom is 0.159 e. The van der Waals surface area contributed by atoms with Gasteiger partial charge in [0.15, 0.2) is 11.5 Å². The number of aromatic hydroxyl groups is 2. The number of phenols is 2. The first-order valence-corrected chi connectivity index (χ1v) is 3.65. The summed E-state index contributed by atoms with van der Waals surface area (Å²) in [6.07, 6.45) is 0.597. The summed E-state index contributed by atoms with van der Waals surface area (Å²) in [5, 5.41) is 18.1. The van der Waals surface area contributed by atoms with Crippen molar-refractivity contribution in [3.05, 3.63) is 17.7 Å². The third-order valence-electron chi connectivity index (χ3n) is 1.65. The number of rotatable bonds is 2. The van der Waals surface area contributed by atoms with Gasteiger partial charge >= 0.3 is 0 Å². The molecule has 0 amide bonds. The van der Waals surface area contributed by atoms with Crippen LogP contribution in [0.2, 0.25) is 0 Å². The molecule has 4 heteroatoms. The van der Waals surface area contributed by atoms with Crippen molar-refractivity contribution in [3.8, 4) is 11.5 Å². The van der Waals surface area contributed by atoms with Crippen LogP contribution in [0.1, 0.15) is 5.56 Å². The molecule has 1 rings (SSSR count). The van der Waals surface area contributed by atoms with Crippen LogP contribution in [0.5, 0.6) is 11.5 Å². The first-order chi connectivity index (χ1) is 5.65. The summed E-state index contributed by atoms with van der Waals surface area (Å²) < 4.78 is 0. The van der Waals surface area contributed by atoms with Crippen molar-refractivity contribution >= 4 is 5.69 Å². The number of anilines is 1. The smallest absolute Gasteiger partial charge is 0.159 e. The van der Waals surface area contributed by atoms with Crippen molar-refractivity contribution in [1.29, 1.82) is 0 Å². The minimum atomic E-state index is -0.201. The zero-order valence-electron chi connectivity index (χ0n) is 6.62. The second-order valence-electron chi connectivity index (χ2n) is 2.58. The van der Waals surface area contributed by atoms with E-state index in [0.29, 0.717) is 18.7 Å². The Bertz CT molecular complexity index is 287. The molecule has 0 fully saturated rings. The van der Waals surface area contributed by atoms with Crippen molar-refractivity contribution in [1.82, 2.24) is 0 Å². The Hall–Kier alpha value is -1.42. The topological polar surface area (TPSA) is 92.5 Å². The van der Waals surface area contributed by atoms with Gasteiger partial charge in [-0.15, -0.1) is 0 Å². The van der Waals surface area contributed by atoms with Gasteiger partial charge in [0.25, 0.3) is 0 Å². The normalized spacial score (nSPS) is 10.1. The number of benzene rings is 1. The number of nitrogens with two attached hydrogens (primary N) is 2. The van der Waals surface area contributed by atoms with Crippen LogP contribution in [0.4, 0.5) is 5.69 Å². The fourth-order valence-corrected chi connectivity index (χ4v) is 1.01. The molecule has 6 N–H and O–H groups in total. The van der Waals surface area contributed by atoms with Crippen LogP contribution in [0, 0.1) is 0 Å². The van der Waals surface area contributed by atoms with Crippen LogP contribution in [0.25, 0.3) is 0 Å². The van der Waals surface area contributed by atoms with Gasteiger partial charge in [0, 0.05) is 11.8 Å². The Morgan fingerprint density at radius 2 is 1.75 bits per heavy atom. The van der Waals surface area contributed by atoms with Crippen LogP contribution in [-0.2, 0) is 6.42 Å². The quantitative estimate of drug-likeness (QED) is 0.288. The second-order valence-corrected chi connectivity index (χ2v) is 2.58. The molecular formula is C8H12N2O2. The average molecular weight is 168 g/mol. The van der Waals surface area contributed by atoms with Crippen molar-refractivity contribution in [2.45, 2.75) is 6.42 Å². The molecule has 0 aromatic heterocycles. The summed E-state index contributed by atoms with van der Waals surface area (Å²) in [5.41, 5.74) is 12.1. The van der Waals surface area contributed by atoms with Gasteiger partial charge in [-0.1, -0.05) is 0 Å². The lowest BCUT2D eigenvalue weighted by atomic mass is 10.1. The summed E-state index contributed by atoms with van der Waals surface area (Å²) in [4.78, 5) is 0. The number of hydrogen-bond donors (Lipinski definition) is 4. The van der Waals surface area contributed by atoms with Crippen molar-refractivity contribution in [3.63, 3.8) is 0 Å². The summed E-state index contributed by atoms with van der Waals surface area (Å²) in [6, 6.07) is 2.75. The minimum absolute atomic E-state index is 0.160. The van der Waals surface area contributed by atoms with Gasteiger partial charge in [-0.25, -0.2) is 0 Å². The van der Waals surface area contributed by atoms with Gasteiger partial charge < -0.3 is 21.7 Å². The maximum atomic E-state index is 9.10. The molecule has 0 heterocycles. The van der Waals surface area contributed by atoms with Crippen LogP contribution in [-0.4, -0.2) is 16.8 Å². The fraction of sp³-hybridized carbons (Fsp3) is 0.250. The van der Waals surface area contributed by atoms with E-state index in [1.54, 1.807) is 0 Å². The summed E-state index contributed by atoms with van der Waals surface area (Å²) in [7, 11) is 0. The standard InChI is InChI=1S/C8H12N2O2/c9-2-1-5-3-7(11)8(12)4-6(5)10/h3-4,11-12H,1-2,9-10H2. The molecule has 1 aromatic carbocycles. The second kappa shape index (κ2) is 3.32. The molecule has 0 saturated carbocycles. The van der Waals surface area contributed by atoms with Gasteiger partial charge in [0.05, 0.1) is 0 Å². The number of phenolic OH excluding ortho intramolecular Hbond substituents is 2. The van der Waals surface area contributed by atoms with E-state index < -0.39 is 0 Å². The van der Waals surface area contributed by atoms with E-state index >= 15 is 0 Å². The van der Waals surface area contributed by atoms with E-state index in [1.165, 1.54) is 12.1 Å². The van der Waals surface area contributed by atoms with Gasteiger partial charge in [0.2, 0.25) is 0 Å². The minimum Gasteiger partial charge on any atom is -0.504 e. The summed E-state index contributed by atoms with van der Waals surface area (Å²) in [6.45, 7) is 0.467. The highest BCUT2D eigenvalue weighted by atomic mass is 16.3. The highest BCUT2D eigenvalue weighted by molar-refractivity contribution is 5.56. The highest BCUT2D eigenvalue weighted by Gasteiger charge is 2.04. The van der Waals surface area contributed by atoms with E-state index in [0.717, 1.165) is 5.56 Å². The van der Waals surface area contributed by atoms with Gasteiger partial charge in [0.1, 0.15) is 0 Å². The molecule has 0 aliphatic rings. The Morgan fingerprint density at radius 3 is 2.33 bits per heavy atom. The summed E-state index contributed by atoms with van der Waals surface area (Å²) >= 11 is 0. The number of nitrogen functional groups attached to an aromatic ring is 1. The van der Waals surface area contributed by atoms with E-state index in [9.17, 15) is 0 Å². The zero-order valence-corrected chi connectivity index (χ0v) is 6.62. The third kappa shape index (κ3) is 1.60. The van der Waals surface area contributed by atoms with Crippen molar-refractivity contribution in [2.75, 3.05) is 12.3 Å². The van der Waals surface area contributed by atoms with Crippen LogP contribution < -0.4 is 11.5 Å². The predicted molar refractivity (Wildman–Crippen MR) is 46.9 cm³/mol. The summed E-state index contributed by atoms with van der Waals surface area (Å²) in [5.74, 6) is -0.360. The van der Waals surface area contributed by atoms with Gasteiger partial charge in [-0.05, 0) is 24.6 Å². The van der Waals surface area contributed by atoms with Crippen LogP contribution >= 0.6 is 0 Å². The zero-order chi connectivity index (χ0) is 9.14. The van der Waals surface area contributed by atoms with Crippen LogP contribution in [0.3, 0.4) is 0 Å². The Morgan fingerprint density at radius 1 is 1.17 bits per heavy atom. The monoisotopic (exact) mass is 168 g/mol. The molecule has 0 bridgehead atoms. The number of hydrogen-bond acceptors (Lipinski definition) is 4. The molecule has 0 unspecified atom stereocenters. The average Bonchev–Trinajstić information content (AvgIpc) is 2.01. The largest absolute Gasteiger partial charge is 0.504 e. The maximum absolute atomic E-state index is 9.10. The third-order valence-corrected chi connectivity index (χ3v) is 1.65.